The first-order valence-corrected chi connectivity index (χ1v) is 13.7. The lowest BCUT2D eigenvalue weighted by atomic mass is 10.0. The number of hydrogen-bond donors (Lipinski definition) is 1. The number of aryl methyl sites for hydroxylation is 1. The third-order valence-corrected chi connectivity index (χ3v) is 7.98. The molecular weight excluding hydrogens is 500 g/mol. The third kappa shape index (κ3) is 5.09. The fourth-order valence-electron chi connectivity index (χ4n) is 4.84. The number of nitrogens with one attached hydrogen (secondary N) is 1. The monoisotopic (exact) mass is 528 g/mol. The lowest BCUT2D eigenvalue weighted by molar-refractivity contribution is 0.122. The number of furan rings is 1. The molecule has 4 heterocycles. The molecule has 0 amide bonds. The second kappa shape index (κ2) is 10.6. The Kier molecular flexibility index (Phi) is 6.87. The zero-order valence-electron chi connectivity index (χ0n) is 20.5. The molecule has 1 N–H and O–H groups in total. The van der Waals surface area contributed by atoms with Gasteiger partial charge < -0.3 is 24.3 Å². The number of rotatable bonds is 6. The fraction of sp³-hybridized carbons (Fsp3) is 0.241. The fourth-order valence-corrected chi connectivity index (χ4v) is 5.96. The van der Waals surface area contributed by atoms with Crippen LogP contribution < -0.4 is 15.1 Å². The van der Waals surface area contributed by atoms with Gasteiger partial charge in [-0.1, -0.05) is 35.5 Å². The van der Waals surface area contributed by atoms with E-state index in [2.05, 4.69) is 81.6 Å². The summed E-state index contributed by atoms with van der Waals surface area (Å²) >= 11 is 7.49. The Hall–Kier alpha value is -3.33. The van der Waals surface area contributed by atoms with Gasteiger partial charge in [0.2, 0.25) is 0 Å². The number of hydrogen-bond acceptors (Lipinski definition) is 6. The molecule has 2 fully saturated rings. The minimum Gasteiger partial charge on any atom is -0.452 e. The molecule has 2 aromatic heterocycles. The standard InChI is InChI=1S/C29H28N4O2S2/c1-20-5-11-23(12-6-20)37-26-14-13-25(35-26)28-27(24-4-2-3-15-30-24)31-29(36)33(28)22-9-7-21(8-10-22)32-16-18-34-19-17-32/h2-15,27-28H,16-19H2,1H3,(H,31,36)/t27-,28-/m0/s1. The molecule has 2 aliphatic rings. The molecule has 0 unspecified atom stereocenters. The normalized spacial score (nSPS) is 19.8. The van der Waals surface area contributed by atoms with E-state index in [9.17, 15) is 0 Å². The highest BCUT2D eigenvalue weighted by molar-refractivity contribution is 7.99. The molecule has 4 aromatic rings. The first-order valence-electron chi connectivity index (χ1n) is 12.4. The Morgan fingerprint density at radius 1 is 0.919 bits per heavy atom. The molecule has 0 radical (unpaired) electrons. The average molecular weight is 529 g/mol. The summed E-state index contributed by atoms with van der Waals surface area (Å²) in [6.45, 7) is 5.42. The van der Waals surface area contributed by atoms with Crippen molar-refractivity contribution < 1.29 is 9.15 Å². The third-order valence-electron chi connectivity index (χ3n) is 6.74. The molecule has 37 heavy (non-hydrogen) atoms. The number of ether oxygens (including phenoxy) is 1. The number of benzene rings is 2. The van der Waals surface area contributed by atoms with Crippen LogP contribution in [0.4, 0.5) is 11.4 Å². The van der Waals surface area contributed by atoms with Crippen LogP contribution in [0.5, 0.6) is 0 Å². The molecule has 0 aliphatic carbocycles. The summed E-state index contributed by atoms with van der Waals surface area (Å²) in [6.07, 6.45) is 1.82. The van der Waals surface area contributed by atoms with E-state index in [1.54, 1.807) is 11.8 Å². The van der Waals surface area contributed by atoms with Crippen LogP contribution in [-0.2, 0) is 4.74 Å². The number of thiocarbonyl (C=S) groups is 1. The number of morpholine rings is 1. The maximum absolute atomic E-state index is 6.44. The lowest BCUT2D eigenvalue weighted by Crippen LogP contribution is -2.36. The van der Waals surface area contributed by atoms with Gasteiger partial charge >= 0.3 is 0 Å². The minimum absolute atomic E-state index is 0.143. The molecule has 2 saturated heterocycles. The molecule has 8 heteroatoms. The lowest BCUT2D eigenvalue weighted by Gasteiger charge is -2.30. The molecule has 0 saturated carbocycles. The van der Waals surface area contributed by atoms with Gasteiger partial charge in [0.05, 0.1) is 24.9 Å². The van der Waals surface area contributed by atoms with E-state index in [0.29, 0.717) is 5.11 Å². The predicted molar refractivity (Wildman–Crippen MR) is 151 cm³/mol. The van der Waals surface area contributed by atoms with Crippen molar-refractivity contribution in [3.05, 3.63) is 102 Å². The van der Waals surface area contributed by atoms with E-state index < -0.39 is 0 Å². The summed E-state index contributed by atoms with van der Waals surface area (Å²) in [5.74, 6) is 0.842. The number of aromatic nitrogens is 1. The zero-order valence-corrected chi connectivity index (χ0v) is 22.2. The zero-order chi connectivity index (χ0) is 25.2. The number of pyridine rings is 1. The van der Waals surface area contributed by atoms with E-state index in [4.69, 9.17) is 21.4 Å². The summed E-state index contributed by atoms with van der Waals surface area (Å²) in [6, 6.07) is 26.8. The maximum Gasteiger partial charge on any atom is 0.174 e. The molecule has 6 rings (SSSR count). The van der Waals surface area contributed by atoms with Crippen LogP contribution in [0, 0.1) is 6.92 Å². The van der Waals surface area contributed by atoms with Crippen LogP contribution in [0.2, 0.25) is 0 Å². The van der Waals surface area contributed by atoms with Crippen molar-refractivity contribution in [2.75, 3.05) is 36.1 Å². The van der Waals surface area contributed by atoms with Crippen molar-refractivity contribution in [3.63, 3.8) is 0 Å². The summed E-state index contributed by atoms with van der Waals surface area (Å²) < 4.78 is 12.0. The highest BCUT2D eigenvalue weighted by Crippen LogP contribution is 2.43. The first-order chi connectivity index (χ1) is 18.2. The van der Waals surface area contributed by atoms with E-state index >= 15 is 0 Å². The molecule has 2 atom stereocenters. The van der Waals surface area contributed by atoms with Crippen LogP contribution >= 0.6 is 24.0 Å². The molecule has 188 valence electrons. The van der Waals surface area contributed by atoms with E-state index in [1.165, 1.54) is 11.3 Å². The van der Waals surface area contributed by atoms with Gasteiger partial charge in [-0.05, 0) is 79.8 Å². The Labute approximate surface area is 226 Å². The highest BCUT2D eigenvalue weighted by Gasteiger charge is 2.42. The van der Waals surface area contributed by atoms with Crippen molar-refractivity contribution in [2.45, 2.75) is 29.0 Å². The first kappa shape index (κ1) is 24.0. The predicted octanol–water partition coefficient (Wildman–Crippen LogP) is 6.15. The highest BCUT2D eigenvalue weighted by atomic mass is 32.2. The SMILES string of the molecule is Cc1ccc(Sc2ccc([C@H]3[C@H](c4ccccn4)NC(=S)N3c3ccc(N4CCOCC4)cc3)o2)cc1. The van der Waals surface area contributed by atoms with Gasteiger partial charge in [-0.15, -0.1) is 0 Å². The van der Waals surface area contributed by atoms with Crippen LogP contribution in [0.3, 0.4) is 0 Å². The Morgan fingerprint density at radius 3 is 2.41 bits per heavy atom. The van der Waals surface area contributed by atoms with Gasteiger partial charge in [0.25, 0.3) is 0 Å². The summed E-state index contributed by atoms with van der Waals surface area (Å²) in [5.41, 5.74) is 4.37. The molecule has 0 bridgehead atoms. The summed E-state index contributed by atoms with van der Waals surface area (Å²) in [5, 5.41) is 5.01. The quantitative estimate of drug-likeness (QED) is 0.299. The molecule has 2 aromatic carbocycles. The minimum atomic E-state index is -0.177. The van der Waals surface area contributed by atoms with Crippen LogP contribution in [0.25, 0.3) is 0 Å². The van der Waals surface area contributed by atoms with Gasteiger partial charge in [-0.25, -0.2) is 0 Å². The Morgan fingerprint density at radius 2 is 1.68 bits per heavy atom. The van der Waals surface area contributed by atoms with Gasteiger partial charge in [0, 0.05) is 35.6 Å². The number of anilines is 2. The average Bonchev–Trinajstić information content (AvgIpc) is 3.55. The second-order valence-electron chi connectivity index (χ2n) is 9.18. The van der Waals surface area contributed by atoms with Crippen molar-refractivity contribution in [3.8, 4) is 0 Å². The number of nitrogens with zero attached hydrogens (tertiary/aromatic N) is 3. The summed E-state index contributed by atoms with van der Waals surface area (Å²) in [4.78, 5) is 10.3. The van der Waals surface area contributed by atoms with E-state index in [0.717, 1.165) is 53.4 Å². The second-order valence-corrected chi connectivity index (χ2v) is 10.6. The van der Waals surface area contributed by atoms with Gasteiger partial charge in [-0.3, -0.25) is 4.98 Å². The topological polar surface area (TPSA) is 53.8 Å². The molecule has 2 aliphatic heterocycles. The van der Waals surface area contributed by atoms with Gasteiger partial charge in [-0.2, -0.15) is 0 Å². The largest absolute Gasteiger partial charge is 0.452 e. The van der Waals surface area contributed by atoms with Crippen LogP contribution in [0.15, 0.2) is 99.5 Å². The molecular formula is C29H28N4O2S2. The summed E-state index contributed by atoms with van der Waals surface area (Å²) in [7, 11) is 0. The Balaban J connectivity index is 1.32. The molecule has 6 nitrogen and oxygen atoms in total. The molecule has 0 spiro atoms. The van der Waals surface area contributed by atoms with Crippen LogP contribution in [-0.4, -0.2) is 36.4 Å². The van der Waals surface area contributed by atoms with E-state index in [-0.39, 0.29) is 12.1 Å². The van der Waals surface area contributed by atoms with E-state index in [1.807, 2.05) is 30.5 Å². The van der Waals surface area contributed by atoms with Crippen molar-refractivity contribution in [2.24, 2.45) is 0 Å². The van der Waals surface area contributed by atoms with Gasteiger partial charge in [0.1, 0.15) is 11.8 Å². The van der Waals surface area contributed by atoms with Crippen molar-refractivity contribution in [1.29, 1.82) is 0 Å². The van der Waals surface area contributed by atoms with Crippen molar-refractivity contribution in [1.82, 2.24) is 10.3 Å². The van der Waals surface area contributed by atoms with Gasteiger partial charge in [0.15, 0.2) is 10.2 Å². The Bertz CT molecular complexity index is 1350. The van der Waals surface area contributed by atoms with Crippen molar-refractivity contribution >= 4 is 40.5 Å². The smallest absolute Gasteiger partial charge is 0.174 e. The van der Waals surface area contributed by atoms with Crippen LogP contribution in [0.1, 0.15) is 29.1 Å². The maximum atomic E-state index is 6.44.